The lowest BCUT2D eigenvalue weighted by atomic mass is 9.99. The number of pyridine rings is 3. The average Bonchev–Trinajstić information content (AvgIpc) is 1.30. The molecule has 1 saturated heterocycles. The number of likely N-dealkylation sites (N-methyl/N-ethyl adjacent to an activating group) is 1. The van der Waals surface area contributed by atoms with Crippen molar-refractivity contribution in [3.63, 3.8) is 0 Å². The van der Waals surface area contributed by atoms with E-state index in [-0.39, 0.29) is 38.8 Å². The number of benzene rings is 8. The second-order valence-corrected chi connectivity index (χ2v) is 31.5. The van der Waals surface area contributed by atoms with Crippen molar-refractivity contribution in [2.24, 2.45) is 0 Å². The standard InChI is InChI=1S/C23H18Cl2N4O3.2C22H16Cl2N4O3.C17H12Cl2N2O4.C9H17N5/c1-12-4-7-17(28-11-12)29-23(30)14-6-5-13(21-22(14)27-9-8-26-21)18-19(24)15(31-2)10-16(32-3)20(18)25;1-30-15-10-16(31-2)19(24)17(18(15)23)13-5-6-14(21-20(13)26-8-9-27-21)22(29)28-12-4-3-7-25-11-12;1-30-14-11-15(31-2)19(24)17(18(14)23)12-6-7-13(21-20(12)26-9-10-27-21)22(29)28-16-5-3-4-8-25-16;1-24-10-7-11(25-2)14(19)12(13(10)18)8-3-4-9(17(22)23)16-15(8)20-5-6-21-16;1-13-2-4-14(5-3-13)7-8-6-11-9(10)12-8/h4-11H,1-3H3,(H,28,29,30);3-11H,1-2H3,(H,28,29);3-11H,1-2H3,(H,25,28,29);3-7H,1-2H3,(H,22,23);6H,2-5,7H2,1H3,(H3,10,11,12). The number of nitrogens with two attached hydrogens (primary N) is 1. The minimum absolute atomic E-state index is 0.0361. The van der Waals surface area contributed by atoms with E-state index in [9.17, 15) is 24.3 Å². The van der Waals surface area contributed by atoms with Crippen LogP contribution in [-0.4, -0.2) is 193 Å². The second kappa shape index (κ2) is 44.3. The highest BCUT2D eigenvalue weighted by molar-refractivity contribution is 6.44. The fourth-order valence-corrected chi connectivity index (χ4v) is 16.7. The van der Waals surface area contributed by atoms with Gasteiger partial charge in [0.2, 0.25) is 0 Å². The predicted molar refractivity (Wildman–Crippen MR) is 516 cm³/mol. The first-order valence-electron chi connectivity index (χ1n) is 39.7. The highest BCUT2D eigenvalue weighted by Crippen LogP contribution is 2.52. The Morgan fingerprint density at radius 3 is 1.01 bits per heavy atom. The molecule has 0 saturated carbocycles. The quantitative estimate of drug-likeness (QED) is 0.0389. The topological polar surface area (TPSA) is 401 Å². The minimum Gasteiger partial charge on any atom is -0.495 e. The number of nitrogens with zero attached hydrogens (tertiary/aromatic N) is 14. The van der Waals surface area contributed by atoms with Crippen LogP contribution in [-0.2, 0) is 6.54 Å². The molecule has 1 aliphatic rings. The number of nitrogens with one attached hydrogen (secondary N) is 4. The Morgan fingerprint density at radius 1 is 0.368 bits per heavy atom. The number of nitrogen functional groups attached to an aromatic ring is 1. The Labute approximate surface area is 800 Å². The second-order valence-electron chi connectivity index (χ2n) is 28.5. The van der Waals surface area contributed by atoms with E-state index in [1.807, 2.05) is 19.2 Å². The summed E-state index contributed by atoms with van der Waals surface area (Å²) in [5.41, 5.74) is 16.5. The van der Waals surface area contributed by atoms with Gasteiger partial charge in [-0.1, -0.05) is 129 Å². The number of aromatic carboxylic acids is 1. The van der Waals surface area contributed by atoms with Gasteiger partial charge in [-0.05, 0) is 74.1 Å². The van der Waals surface area contributed by atoms with E-state index in [4.69, 9.17) is 136 Å². The number of ether oxygens (including phenoxy) is 8. The van der Waals surface area contributed by atoms with E-state index in [1.165, 1.54) is 113 Å². The number of hydrogen-bond donors (Lipinski definition) is 6. The molecule has 133 heavy (non-hydrogen) atoms. The van der Waals surface area contributed by atoms with Crippen LogP contribution in [0, 0.1) is 6.92 Å². The summed E-state index contributed by atoms with van der Waals surface area (Å²) in [6, 6.07) is 31.9. The minimum atomic E-state index is -1.10. The zero-order chi connectivity index (χ0) is 94.8. The molecule has 0 aliphatic carbocycles. The SMILES string of the molecule is CN1CCN(Cc2cnc(N)[nH]2)CC1.COc1cc(OC)c(Cl)c(-c2ccc(C(=O)Nc3ccc(C)cn3)c3nccnc23)c1Cl.COc1cc(OC)c(Cl)c(-c2ccc(C(=O)Nc3ccccn3)c3nccnc23)c1Cl.COc1cc(OC)c(Cl)c(-c2ccc(C(=O)Nc3cccnc3)c3nccnc23)c1Cl.COc1cc(OC)c(Cl)c(-c2ccc(C(=O)O)c3nccnc23)c1Cl. The number of imidazole rings is 1. The Morgan fingerprint density at radius 2 is 0.707 bits per heavy atom. The predicted octanol–water partition coefficient (Wildman–Crippen LogP) is 20.2. The molecule has 7 N–H and O–H groups in total. The summed E-state index contributed by atoms with van der Waals surface area (Å²) in [4.78, 5) is 109. The molecule has 40 heteroatoms. The molecule has 1 aliphatic heterocycles. The normalized spacial score (nSPS) is 11.7. The number of amides is 3. The van der Waals surface area contributed by atoms with Gasteiger partial charge in [0.25, 0.3) is 17.7 Å². The molecule has 17 rings (SSSR count). The van der Waals surface area contributed by atoms with Gasteiger partial charge in [0, 0.05) is 170 Å². The first-order valence-corrected chi connectivity index (χ1v) is 42.8. The number of anilines is 4. The number of fused-ring (bicyclic) bond motifs is 4. The van der Waals surface area contributed by atoms with Gasteiger partial charge in [0.1, 0.15) is 79.7 Å². The van der Waals surface area contributed by atoms with Gasteiger partial charge >= 0.3 is 5.97 Å². The molecular weight excluding hydrogens is 1870 g/mol. The number of piperazine rings is 1. The monoisotopic (exact) mass is 1950 g/mol. The van der Waals surface area contributed by atoms with Crippen LogP contribution in [0.1, 0.15) is 52.7 Å². The number of halogens is 8. The van der Waals surface area contributed by atoms with Gasteiger partial charge in [-0.2, -0.15) is 0 Å². The number of rotatable bonds is 21. The highest BCUT2D eigenvalue weighted by Gasteiger charge is 2.30. The van der Waals surface area contributed by atoms with Gasteiger partial charge < -0.3 is 74.6 Å². The zero-order valence-electron chi connectivity index (χ0n) is 72.2. The van der Waals surface area contributed by atoms with Gasteiger partial charge in [-0.25, -0.2) is 19.7 Å². The van der Waals surface area contributed by atoms with Crippen molar-refractivity contribution >= 4 is 184 Å². The van der Waals surface area contributed by atoms with E-state index in [0.717, 1.165) is 44.0 Å². The van der Waals surface area contributed by atoms with Crippen LogP contribution in [0.5, 0.6) is 46.0 Å². The Hall–Kier alpha value is -13.9. The summed E-state index contributed by atoms with van der Waals surface area (Å²) < 4.78 is 42.8. The molecule has 9 heterocycles. The largest absolute Gasteiger partial charge is 0.495 e. The third-order valence-electron chi connectivity index (χ3n) is 20.5. The molecule has 0 spiro atoms. The maximum Gasteiger partial charge on any atom is 0.337 e. The van der Waals surface area contributed by atoms with E-state index < -0.39 is 5.97 Å². The smallest absolute Gasteiger partial charge is 0.337 e. The van der Waals surface area contributed by atoms with Gasteiger partial charge in [0.15, 0.2) is 5.95 Å². The van der Waals surface area contributed by atoms with Crippen LogP contribution in [0.15, 0.2) is 196 Å². The number of aromatic amines is 1. The fraction of sp³-hybridized carbons (Fsp3) is 0.161. The number of aromatic nitrogens is 13. The summed E-state index contributed by atoms with van der Waals surface area (Å²) in [6.45, 7) is 7.38. The highest BCUT2D eigenvalue weighted by atomic mass is 35.5. The lowest BCUT2D eigenvalue weighted by Crippen LogP contribution is -2.43. The number of H-pyrrole nitrogens is 1. The van der Waals surface area contributed by atoms with Crippen LogP contribution >= 0.6 is 92.8 Å². The molecule has 0 unspecified atom stereocenters. The van der Waals surface area contributed by atoms with Crippen LogP contribution in [0.3, 0.4) is 0 Å². The van der Waals surface area contributed by atoms with E-state index in [0.29, 0.717) is 199 Å². The van der Waals surface area contributed by atoms with Crippen molar-refractivity contribution in [2.75, 3.05) is 112 Å². The molecule has 1 fully saturated rings. The van der Waals surface area contributed by atoms with Gasteiger partial charge in [-0.15, -0.1) is 0 Å². The molecule has 0 bridgehead atoms. The molecule has 680 valence electrons. The first-order chi connectivity index (χ1) is 64.3. The van der Waals surface area contributed by atoms with Crippen molar-refractivity contribution in [1.82, 2.24) is 74.6 Å². The molecular formula is C93H79Cl8N19O13. The molecule has 3 amide bonds. The number of methoxy groups -OCH3 is 8. The number of carboxylic acid groups (broad SMARTS) is 1. The zero-order valence-corrected chi connectivity index (χ0v) is 78.3. The Balaban J connectivity index is 0.000000144. The number of hydrogen-bond acceptors (Lipinski definition) is 27. The summed E-state index contributed by atoms with van der Waals surface area (Å²) in [7, 11) is 14.1. The summed E-state index contributed by atoms with van der Waals surface area (Å²) in [5, 5.41) is 20.0. The summed E-state index contributed by atoms with van der Waals surface area (Å²) >= 11 is 52.5. The van der Waals surface area contributed by atoms with Crippen LogP contribution < -0.4 is 59.6 Å². The molecule has 8 aromatic carbocycles. The van der Waals surface area contributed by atoms with Crippen LogP contribution in [0.25, 0.3) is 88.6 Å². The Kier molecular flexibility index (Phi) is 32.2. The van der Waals surface area contributed by atoms with Gasteiger partial charge in [-0.3, -0.25) is 64.1 Å². The maximum atomic E-state index is 13.0. The number of carbonyl (C=O) groups is 4. The van der Waals surface area contributed by atoms with Crippen LogP contribution in [0.2, 0.25) is 40.2 Å². The molecule has 8 aromatic heterocycles. The first kappa shape index (κ1) is 96.7. The third-order valence-corrected chi connectivity index (χ3v) is 23.5. The lowest BCUT2D eigenvalue weighted by Gasteiger charge is -2.31. The van der Waals surface area contributed by atoms with Gasteiger partial charge in [0.05, 0.1) is 165 Å². The molecule has 0 radical (unpaired) electrons. The Bertz CT molecular complexity index is 6710. The summed E-state index contributed by atoms with van der Waals surface area (Å²) in [5.74, 6) is 2.32. The summed E-state index contributed by atoms with van der Waals surface area (Å²) in [6.07, 6.45) is 20.3. The fourth-order valence-electron chi connectivity index (χ4n) is 13.9. The van der Waals surface area contributed by atoms with Crippen LogP contribution in [0.4, 0.5) is 23.3 Å². The number of carboxylic acids is 1. The van der Waals surface area contributed by atoms with Crippen molar-refractivity contribution in [3.05, 3.63) is 270 Å². The van der Waals surface area contributed by atoms with Crippen molar-refractivity contribution in [2.45, 2.75) is 13.5 Å². The number of aryl methyl sites for hydroxylation is 1. The average molecular weight is 1950 g/mol. The van der Waals surface area contributed by atoms with Crippen molar-refractivity contribution in [1.29, 1.82) is 0 Å². The number of carbonyl (C=O) groups excluding carboxylic acids is 3. The lowest BCUT2D eigenvalue weighted by molar-refractivity contribution is 0.0698. The van der Waals surface area contributed by atoms with E-state index in [2.05, 4.69) is 97.6 Å². The van der Waals surface area contributed by atoms with E-state index in [1.54, 1.807) is 128 Å². The van der Waals surface area contributed by atoms with Crippen molar-refractivity contribution < 1.29 is 62.2 Å². The third kappa shape index (κ3) is 21.7. The molecule has 16 aromatic rings. The van der Waals surface area contributed by atoms with Crippen molar-refractivity contribution in [3.8, 4) is 90.5 Å². The molecule has 0 atom stereocenters. The maximum absolute atomic E-state index is 13.0. The molecule has 32 nitrogen and oxygen atoms in total. The van der Waals surface area contributed by atoms with E-state index >= 15 is 0 Å².